The fourth-order valence-electron chi connectivity index (χ4n) is 3.25. The van der Waals surface area contributed by atoms with Crippen LogP contribution < -0.4 is 11.1 Å². The van der Waals surface area contributed by atoms with E-state index in [1.807, 2.05) is 13.0 Å². The first-order valence-electron chi connectivity index (χ1n) is 9.43. The van der Waals surface area contributed by atoms with Gasteiger partial charge in [-0.1, -0.05) is 5.16 Å². The van der Waals surface area contributed by atoms with E-state index >= 15 is 0 Å². The molecular weight excluding hydrogens is 375 g/mol. The van der Waals surface area contributed by atoms with Crippen LogP contribution in [0.1, 0.15) is 17.3 Å². The van der Waals surface area contributed by atoms with Crippen molar-refractivity contribution in [3.05, 3.63) is 53.4 Å². The Morgan fingerprint density at radius 1 is 1.03 bits per heavy atom. The minimum absolute atomic E-state index is 0.152. The Balaban J connectivity index is 1.33. The quantitative estimate of drug-likeness (QED) is 0.644. The summed E-state index contributed by atoms with van der Waals surface area (Å²) in [7, 11) is 0. The van der Waals surface area contributed by atoms with Gasteiger partial charge in [-0.3, -0.25) is 9.80 Å². The molecular formula is C19H23FN8O. The number of nitrogen functional groups attached to an aromatic ring is 1. The Kier molecular flexibility index (Phi) is 5.63. The van der Waals surface area contributed by atoms with Crippen molar-refractivity contribution in [2.24, 2.45) is 0 Å². The lowest BCUT2D eigenvalue weighted by Crippen LogP contribution is -2.45. The summed E-state index contributed by atoms with van der Waals surface area (Å²) in [6.45, 7) is 6.90. The molecule has 0 atom stereocenters. The number of halogens is 1. The van der Waals surface area contributed by atoms with Crippen LogP contribution in [0, 0.1) is 12.7 Å². The number of nitrogens with zero attached hydrogens (tertiary/aromatic N) is 6. The average Bonchev–Trinajstić information content (AvgIpc) is 3.09. The molecule has 3 heterocycles. The van der Waals surface area contributed by atoms with Gasteiger partial charge < -0.3 is 15.6 Å². The molecule has 2 aromatic heterocycles. The maximum absolute atomic E-state index is 13.1. The zero-order chi connectivity index (χ0) is 20.2. The van der Waals surface area contributed by atoms with Crippen LogP contribution in [0.15, 0.2) is 34.9 Å². The number of nitrogens with one attached hydrogen (secondary N) is 1. The molecule has 0 amide bonds. The monoisotopic (exact) mass is 398 g/mol. The maximum atomic E-state index is 13.1. The van der Waals surface area contributed by atoms with Crippen LogP contribution in [-0.2, 0) is 13.1 Å². The number of hydrogen-bond donors (Lipinski definition) is 2. The van der Waals surface area contributed by atoms with Crippen molar-refractivity contribution in [3.8, 4) is 0 Å². The number of aromatic nitrogens is 4. The van der Waals surface area contributed by atoms with Crippen molar-refractivity contribution < 1.29 is 8.91 Å². The summed E-state index contributed by atoms with van der Waals surface area (Å²) in [5.74, 6) is 1.63. The Hall–Kier alpha value is -3.11. The van der Waals surface area contributed by atoms with Gasteiger partial charge in [0.05, 0.1) is 12.2 Å². The highest BCUT2D eigenvalue weighted by Crippen LogP contribution is 2.15. The molecule has 1 aliphatic rings. The number of nitrogens with two attached hydrogens (primary N) is 1. The molecule has 0 spiro atoms. The number of anilines is 3. The highest BCUT2D eigenvalue weighted by atomic mass is 19.1. The summed E-state index contributed by atoms with van der Waals surface area (Å²) in [6, 6.07) is 7.94. The molecule has 0 aliphatic carbocycles. The molecule has 0 radical (unpaired) electrons. The molecule has 10 heteroatoms. The summed E-state index contributed by atoms with van der Waals surface area (Å²) < 4.78 is 18.2. The van der Waals surface area contributed by atoms with E-state index in [-0.39, 0.29) is 11.8 Å². The summed E-state index contributed by atoms with van der Waals surface area (Å²) >= 11 is 0. The van der Waals surface area contributed by atoms with Crippen molar-refractivity contribution in [2.45, 2.75) is 20.0 Å². The molecule has 0 bridgehead atoms. The summed E-state index contributed by atoms with van der Waals surface area (Å²) in [5.41, 5.74) is 7.48. The molecule has 0 saturated carbocycles. The zero-order valence-electron chi connectivity index (χ0n) is 16.2. The van der Waals surface area contributed by atoms with Crippen LogP contribution in [0.3, 0.4) is 0 Å². The van der Waals surface area contributed by atoms with Gasteiger partial charge in [0, 0.05) is 44.5 Å². The van der Waals surface area contributed by atoms with E-state index in [1.165, 1.54) is 12.1 Å². The number of piperazine rings is 1. The SMILES string of the molecule is Cc1cc(CN2CCN(Cc3nc(N)nc(Nc4ccc(F)cc4)n3)CC2)no1. The number of aryl methyl sites for hydroxylation is 1. The largest absolute Gasteiger partial charge is 0.368 e. The van der Waals surface area contributed by atoms with Gasteiger partial charge in [0.25, 0.3) is 0 Å². The summed E-state index contributed by atoms with van der Waals surface area (Å²) in [4.78, 5) is 17.4. The average molecular weight is 398 g/mol. The van der Waals surface area contributed by atoms with Crippen molar-refractivity contribution in [2.75, 3.05) is 37.2 Å². The van der Waals surface area contributed by atoms with Crippen molar-refractivity contribution in [3.63, 3.8) is 0 Å². The lowest BCUT2D eigenvalue weighted by Gasteiger charge is -2.33. The fraction of sp³-hybridized carbons (Fsp3) is 0.368. The molecule has 1 aliphatic heterocycles. The zero-order valence-corrected chi connectivity index (χ0v) is 16.2. The highest BCUT2D eigenvalue weighted by molar-refractivity contribution is 5.53. The third-order valence-corrected chi connectivity index (χ3v) is 4.69. The Morgan fingerprint density at radius 2 is 1.72 bits per heavy atom. The predicted molar refractivity (Wildman–Crippen MR) is 106 cm³/mol. The Morgan fingerprint density at radius 3 is 2.38 bits per heavy atom. The number of benzene rings is 1. The molecule has 4 rings (SSSR count). The van der Waals surface area contributed by atoms with Crippen LogP contribution >= 0.6 is 0 Å². The lowest BCUT2D eigenvalue weighted by atomic mass is 10.2. The predicted octanol–water partition coefficient (Wildman–Crippen LogP) is 1.95. The van der Waals surface area contributed by atoms with Crippen LogP contribution in [0.4, 0.5) is 22.0 Å². The second kappa shape index (κ2) is 8.50. The van der Waals surface area contributed by atoms with Gasteiger partial charge >= 0.3 is 0 Å². The molecule has 152 valence electrons. The maximum Gasteiger partial charge on any atom is 0.232 e. The van der Waals surface area contributed by atoms with Crippen LogP contribution in [0.25, 0.3) is 0 Å². The molecule has 1 aromatic carbocycles. The molecule has 1 fully saturated rings. The van der Waals surface area contributed by atoms with E-state index in [0.717, 1.165) is 44.2 Å². The molecule has 9 nitrogen and oxygen atoms in total. The normalized spacial score (nSPS) is 15.5. The van der Waals surface area contributed by atoms with Gasteiger partial charge in [0.1, 0.15) is 17.4 Å². The first-order valence-corrected chi connectivity index (χ1v) is 9.43. The fourth-order valence-corrected chi connectivity index (χ4v) is 3.25. The minimum Gasteiger partial charge on any atom is -0.368 e. The first-order chi connectivity index (χ1) is 14.0. The topological polar surface area (TPSA) is 109 Å². The first kappa shape index (κ1) is 19.2. The van der Waals surface area contributed by atoms with Crippen LogP contribution in [0.2, 0.25) is 0 Å². The van der Waals surface area contributed by atoms with Gasteiger partial charge in [0.2, 0.25) is 11.9 Å². The summed E-state index contributed by atoms with van der Waals surface area (Å²) in [6.07, 6.45) is 0. The van der Waals surface area contributed by atoms with Crippen molar-refractivity contribution >= 4 is 17.6 Å². The van der Waals surface area contributed by atoms with Gasteiger partial charge in [-0.2, -0.15) is 15.0 Å². The van der Waals surface area contributed by atoms with E-state index in [9.17, 15) is 4.39 Å². The molecule has 3 N–H and O–H groups in total. The van der Waals surface area contributed by atoms with Gasteiger partial charge in [-0.05, 0) is 31.2 Å². The lowest BCUT2D eigenvalue weighted by molar-refractivity contribution is 0.118. The number of rotatable bonds is 6. The summed E-state index contributed by atoms with van der Waals surface area (Å²) in [5, 5.41) is 7.09. The Bertz CT molecular complexity index is 953. The van der Waals surface area contributed by atoms with E-state index in [4.69, 9.17) is 10.3 Å². The molecule has 1 saturated heterocycles. The van der Waals surface area contributed by atoms with Crippen molar-refractivity contribution in [1.82, 2.24) is 29.9 Å². The molecule has 29 heavy (non-hydrogen) atoms. The third-order valence-electron chi connectivity index (χ3n) is 4.69. The highest BCUT2D eigenvalue weighted by Gasteiger charge is 2.19. The standard InChI is InChI=1S/C19H23FN8O/c1-13-10-16(26-29-13)11-27-6-8-28(9-7-27)12-17-23-18(21)25-19(24-17)22-15-4-2-14(20)3-5-15/h2-5,10H,6-9,11-12H2,1H3,(H3,21,22,23,24,25). The van der Waals surface area contributed by atoms with E-state index in [1.54, 1.807) is 12.1 Å². The molecule has 3 aromatic rings. The second-order valence-corrected chi connectivity index (χ2v) is 7.05. The smallest absolute Gasteiger partial charge is 0.232 e. The van der Waals surface area contributed by atoms with Gasteiger partial charge in [0.15, 0.2) is 0 Å². The molecule has 0 unspecified atom stereocenters. The number of hydrogen-bond acceptors (Lipinski definition) is 9. The Labute approximate surface area is 167 Å². The van der Waals surface area contributed by atoms with E-state index < -0.39 is 0 Å². The van der Waals surface area contributed by atoms with Crippen LogP contribution in [0.5, 0.6) is 0 Å². The van der Waals surface area contributed by atoms with Crippen LogP contribution in [-0.4, -0.2) is 56.1 Å². The van der Waals surface area contributed by atoms with E-state index in [2.05, 4.69) is 35.2 Å². The van der Waals surface area contributed by atoms with E-state index in [0.29, 0.717) is 24.0 Å². The van der Waals surface area contributed by atoms with Crippen molar-refractivity contribution in [1.29, 1.82) is 0 Å². The third kappa shape index (κ3) is 5.24. The van der Waals surface area contributed by atoms with Gasteiger partial charge in [-0.15, -0.1) is 0 Å². The minimum atomic E-state index is -0.302. The second-order valence-electron chi connectivity index (χ2n) is 7.05. The van der Waals surface area contributed by atoms with Gasteiger partial charge in [-0.25, -0.2) is 4.39 Å².